The Labute approximate surface area is 327 Å². The second-order valence-corrected chi connectivity index (χ2v) is 34.0. The Morgan fingerprint density at radius 3 is 0.425 bits per heavy atom. The monoisotopic (exact) mass is 862 g/mol. The van der Waals surface area contributed by atoms with Crippen LogP contribution in [0.25, 0.3) is 0 Å². The first-order valence-electron chi connectivity index (χ1n) is 13.3. The minimum absolute atomic E-state index is 0. The molecule has 4 fully saturated rings. The largest absolute Gasteiger partial charge is 0.358 e. The van der Waals surface area contributed by atoms with E-state index in [1.54, 1.807) is 22.2 Å². The summed E-state index contributed by atoms with van der Waals surface area (Å²) in [6.45, 7) is 28.4. The van der Waals surface area contributed by atoms with Gasteiger partial charge in [0.1, 0.15) is 0 Å². The van der Waals surface area contributed by atoms with E-state index < -0.39 is 32.3 Å². The summed E-state index contributed by atoms with van der Waals surface area (Å²) in [6.07, 6.45) is 34.8. The van der Waals surface area contributed by atoms with E-state index >= 15 is 0 Å². The Kier molecular flexibility index (Phi) is 30.0. The fourth-order valence-corrected chi connectivity index (χ4v) is 8.27. The first-order chi connectivity index (χ1) is 16.4. The van der Waals surface area contributed by atoms with Crippen LogP contribution in [0.4, 0.5) is 0 Å². The molecule has 0 aromatic heterocycles. The third-order valence-electron chi connectivity index (χ3n) is 6.11. The van der Waals surface area contributed by atoms with Crippen LogP contribution >= 0.6 is 0 Å². The quantitative estimate of drug-likeness (QED) is 0.195. The molecule has 0 aromatic rings. The summed E-state index contributed by atoms with van der Waals surface area (Å²) in [4.78, 5) is 0. The van der Waals surface area contributed by atoms with Crippen LogP contribution in [0.15, 0.2) is 0 Å². The van der Waals surface area contributed by atoms with Crippen molar-refractivity contribution in [2.45, 2.75) is 78.6 Å². The van der Waals surface area contributed by atoms with E-state index in [1.165, 1.54) is 0 Å². The van der Waals surface area contributed by atoms with Crippen molar-refractivity contribution < 1.29 is 81.7 Å². The van der Waals surface area contributed by atoms with E-state index in [2.05, 4.69) is 181 Å². The van der Waals surface area contributed by atoms with Crippen molar-refractivity contribution >= 4 is 32.3 Å². The van der Waals surface area contributed by atoms with Crippen LogP contribution in [0.2, 0.25) is 78.6 Å². The van der Waals surface area contributed by atoms with Crippen LogP contribution < -0.4 is 0 Å². The molecular weight excluding hydrogens is 809 g/mol. The molecule has 0 aromatic carbocycles. The molecule has 0 amide bonds. The standard InChI is InChI=1S/4C8H13Si.2CH3.2Nd/c4*1-9(2,3)8-6-4-5-7-8;;;;/h4*4-7H,1-3H3;2*1H3;;/q;;;;2*-1;;. The molecule has 4 saturated carbocycles. The zero-order valence-electron chi connectivity index (χ0n) is 28.2. The predicted octanol–water partition coefficient (Wildman–Crippen LogP) is 9.98. The molecule has 4 rings (SSSR count). The van der Waals surface area contributed by atoms with Gasteiger partial charge in [-0.3, -0.25) is 0 Å². The number of hydrogen-bond donors (Lipinski definition) is 0. The van der Waals surface area contributed by atoms with Crippen LogP contribution in [0, 0.1) is 221 Å². The molecule has 0 nitrogen and oxygen atoms in total. The summed E-state index contributed by atoms with van der Waals surface area (Å²) in [6, 6.07) is 0. The Balaban J connectivity index is -0.000000209. The van der Waals surface area contributed by atoms with Gasteiger partial charge in [0.15, 0.2) is 0 Å². The molecule has 4 aliphatic rings. The van der Waals surface area contributed by atoms with Gasteiger partial charge in [0.25, 0.3) is 0 Å². The molecule has 0 saturated heterocycles. The van der Waals surface area contributed by atoms with Gasteiger partial charge < -0.3 is 14.9 Å². The van der Waals surface area contributed by atoms with Gasteiger partial charge in [0.05, 0.1) is 32.3 Å². The summed E-state index contributed by atoms with van der Waals surface area (Å²) >= 11 is 0. The van der Waals surface area contributed by atoms with Gasteiger partial charge in [-0.1, -0.05) is 78.6 Å². The smallest absolute Gasteiger partial charge is 0.0516 e. The van der Waals surface area contributed by atoms with Gasteiger partial charge in [-0.2, -0.15) is 0 Å². The maximum absolute atomic E-state index is 2.36. The van der Waals surface area contributed by atoms with Gasteiger partial charge in [0.2, 0.25) is 0 Å². The summed E-state index contributed by atoms with van der Waals surface area (Å²) < 4.78 is 0. The van der Waals surface area contributed by atoms with Gasteiger partial charge in [-0.05, 0) is 125 Å². The van der Waals surface area contributed by atoms with Gasteiger partial charge in [0, 0.05) is 81.7 Å². The van der Waals surface area contributed by atoms with E-state index in [1.807, 2.05) is 0 Å². The average molecular weight is 868 g/mol. The summed E-state index contributed by atoms with van der Waals surface area (Å²) in [7, 11) is -3.92. The third kappa shape index (κ3) is 22.2. The fraction of sp³-hybridized carbons (Fsp3) is 0.353. The van der Waals surface area contributed by atoms with E-state index in [4.69, 9.17) is 0 Å². The Hall–Kier alpha value is 3.57. The molecule has 4 aliphatic carbocycles. The summed E-state index contributed by atoms with van der Waals surface area (Å²) in [5.41, 5.74) is 6.23. The normalized spacial score (nSPS) is 20.7. The molecule has 0 atom stereocenters. The van der Waals surface area contributed by atoms with Crippen molar-refractivity contribution in [2.24, 2.45) is 0 Å². The Morgan fingerprint density at radius 1 is 0.275 bits per heavy atom. The van der Waals surface area contributed by atoms with Crippen molar-refractivity contribution in [2.75, 3.05) is 0 Å². The molecule has 220 valence electrons. The Morgan fingerprint density at radius 2 is 0.375 bits per heavy atom. The van der Waals surface area contributed by atoms with Crippen LogP contribution in [-0.2, 0) is 0 Å². The van der Waals surface area contributed by atoms with E-state index in [0.717, 1.165) is 0 Å². The molecule has 20 radical (unpaired) electrons. The second kappa shape index (κ2) is 23.8. The van der Waals surface area contributed by atoms with Gasteiger partial charge >= 0.3 is 0 Å². The zero-order valence-corrected chi connectivity index (χ0v) is 38.7. The SMILES string of the molecule is C[Si](C)(C)[C]1[CH][CH][CH][CH]1.C[Si](C)(C)[C]1[CH][CH][CH][CH]1.C[Si](C)(C)[C]1[CH][CH][CH][CH]1.C[Si](C)(C)[C]1[CH][CH][CH][CH]1.[CH3-].[CH3-].[Nd].[Nd]. The fourth-order valence-electron chi connectivity index (χ4n) is 3.50. The minimum atomic E-state index is -0.981. The number of hydrogen-bond acceptors (Lipinski definition) is 0. The van der Waals surface area contributed by atoms with Crippen molar-refractivity contribution in [3.05, 3.63) is 140 Å². The Bertz CT molecular complexity index is 457. The molecule has 0 unspecified atom stereocenters. The van der Waals surface area contributed by atoms with Gasteiger partial charge in [-0.15, -0.1) is 0 Å². The molecule has 0 heterocycles. The van der Waals surface area contributed by atoms with Gasteiger partial charge in [-0.25, -0.2) is 0 Å². The predicted molar refractivity (Wildman–Crippen MR) is 188 cm³/mol. The van der Waals surface area contributed by atoms with E-state index in [0.29, 0.717) is 0 Å². The van der Waals surface area contributed by atoms with Crippen molar-refractivity contribution in [1.82, 2.24) is 0 Å². The second-order valence-electron chi connectivity index (χ2n) is 13.7. The first kappa shape index (κ1) is 50.4. The molecule has 6 heteroatoms. The maximum atomic E-state index is 2.36. The average Bonchev–Trinajstić information content (AvgIpc) is 3.57. The summed E-state index contributed by atoms with van der Waals surface area (Å²) in [5.74, 6) is 0. The van der Waals surface area contributed by atoms with Crippen molar-refractivity contribution in [1.29, 1.82) is 0 Å². The zero-order chi connectivity index (χ0) is 27.6. The molecule has 0 N–H and O–H groups in total. The first-order valence-corrected chi connectivity index (χ1v) is 27.3. The van der Waals surface area contributed by atoms with Crippen LogP contribution in [0.1, 0.15) is 0 Å². The van der Waals surface area contributed by atoms with E-state index in [9.17, 15) is 0 Å². The number of rotatable bonds is 4. The molecule has 40 heavy (non-hydrogen) atoms. The van der Waals surface area contributed by atoms with Crippen molar-refractivity contribution in [3.8, 4) is 0 Å². The van der Waals surface area contributed by atoms with Crippen molar-refractivity contribution in [3.63, 3.8) is 0 Å². The molecule has 0 bridgehead atoms. The topological polar surface area (TPSA) is 0 Å². The maximum Gasteiger partial charge on any atom is 0.0516 e. The molecule has 0 spiro atoms. The molecular formula is C34H58Nd2Si4-2. The van der Waals surface area contributed by atoms with Crippen LogP contribution in [0.3, 0.4) is 0 Å². The van der Waals surface area contributed by atoms with Crippen LogP contribution in [0.5, 0.6) is 0 Å². The van der Waals surface area contributed by atoms with E-state index in [-0.39, 0.29) is 96.5 Å². The minimum Gasteiger partial charge on any atom is -0.358 e. The van der Waals surface area contributed by atoms with Crippen LogP contribution in [-0.4, -0.2) is 32.3 Å². The third-order valence-corrected chi connectivity index (χ3v) is 14.4. The molecule has 0 aliphatic heterocycles. The summed E-state index contributed by atoms with van der Waals surface area (Å²) in [5, 5.41) is 0.